The Morgan fingerprint density at radius 1 is 1.20 bits per heavy atom. The Labute approximate surface area is 183 Å². The summed E-state index contributed by atoms with van der Waals surface area (Å²) in [5.74, 6) is 0.377. The van der Waals surface area contributed by atoms with Crippen molar-refractivity contribution >= 4 is 27.5 Å². The smallest absolute Gasteiger partial charge is 0.223 e. The zero-order valence-corrected chi connectivity index (χ0v) is 18.7. The van der Waals surface area contributed by atoms with Crippen molar-refractivity contribution in [2.45, 2.75) is 31.6 Å². The molecule has 0 unspecified atom stereocenters. The number of nitrogens with one attached hydrogen (secondary N) is 1. The molecular weight excluding hydrogens is 424 g/mol. The maximum atomic E-state index is 12.7. The molecule has 1 aliphatic rings. The van der Waals surface area contributed by atoms with Gasteiger partial charge in [0, 0.05) is 29.6 Å². The number of ether oxygens (including phenoxy) is 1. The first-order valence-electron chi connectivity index (χ1n) is 9.95. The van der Waals surface area contributed by atoms with Crippen LogP contribution in [0, 0.1) is 5.92 Å². The van der Waals surface area contributed by atoms with E-state index in [4.69, 9.17) is 16.3 Å². The molecule has 0 spiro atoms. The topological polar surface area (TPSA) is 75.7 Å². The van der Waals surface area contributed by atoms with E-state index in [9.17, 15) is 13.2 Å². The lowest BCUT2D eigenvalue weighted by molar-refractivity contribution is -0.126. The van der Waals surface area contributed by atoms with Gasteiger partial charge in [-0.25, -0.2) is 12.7 Å². The first kappa shape index (κ1) is 22.6. The van der Waals surface area contributed by atoms with Gasteiger partial charge in [0.1, 0.15) is 5.75 Å². The number of halogens is 1. The summed E-state index contributed by atoms with van der Waals surface area (Å²) in [5.41, 5.74) is 1.57. The second-order valence-electron chi connectivity index (χ2n) is 7.53. The summed E-state index contributed by atoms with van der Waals surface area (Å²) in [7, 11) is -1.85. The van der Waals surface area contributed by atoms with E-state index in [2.05, 4.69) is 5.32 Å². The fourth-order valence-electron chi connectivity index (χ4n) is 3.76. The molecule has 30 heavy (non-hydrogen) atoms. The van der Waals surface area contributed by atoms with Crippen LogP contribution in [0.3, 0.4) is 0 Å². The lowest BCUT2D eigenvalue weighted by Crippen LogP contribution is -2.43. The minimum absolute atomic E-state index is 0.0553. The van der Waals surface area contributed by atoms with E-state index in [1.807, 2.05) is 31.2 Å². The molecule has 8 heteroatoms. The van der Waals surface area contributed by atoms with Crippen molar-refractivity contribution in [3.63, 3.8) is 0 Å². The number of hydrogen-bond acceptors (Lipinski definition) is 4. The number of sulfonamides is 1. The SMILES string of the molecule is COc1ccccc1[C@H](C)NC(=O)C1CCN(S(=O)(=O)Cc2cccc(Cl)c2)CC1. The minimum Gasteiger partial charge on any atom is -0.496 e. The maximum Gasteiger partial charge on any atom is 0.223 e. The van der Waals surface area contributed by atoms with Crippen LogP contribution in [-0.2, 0) is 20.6 Å². The van der Waals surface area contributed by atoms with Gasteiger partial charge in [-0.3, -0.25) is 4.79 Å². The third kappa shape index (κ3) is 5.53. The average Bonchev–Trinajstić information content (AvgIpc) is 2.73. The van der Waals surface area contributed by atoms with Crippen LogP contribution in [0.15, 0.2) is 48.5 Å². The van der Waals surface area contributed by atoms with Crippen molar-refractivity contribution in [1.29, 1.82) is 0 Å². The fourth-order valence-corrected chi connectivity index (χ4v) is 5.52. The second kappa shape index (κ2) is 9.81. The molecule has 162 valence electrons. The van der Waals surface area contributed by atoms with E-state index in [1.165, 1.54) is 4.31 Å². The Hall–Kier alpha value is -2.09. The molecule has 1 aliphatic heterocycles. The van der Waals surface area contributed by atoms with Crippen molar-refractivity contribution in [2.75, 3.05) is 20.2 Å². The molecule has 6 nitrogen and oxygen atoms in total. The summed E-state index contributed by atoms with van der Waals surface area (Å²) in [6.45, 7) is 2.59. The summed E-state index contributed by atoms with van der Waals surface area (Å²) in [4.78, 5) is 12.7. The number of para-hydroxylation sites is 1. The number of hydrogen-bond donors (Lipinski definition) is 1. The number of benzene rings is 2. The van der Waals surface area contributed by atoms with Crippen LogP contribution in [0.5, 0.6) is 5.75 Å². The number of nitrogens with zero attached hydrogens (tertiary/aromatic N) is 1. The highest BCUT2D eigenvalue weighted by Gasteiger charge is 2.31. The number of carbonyl (C=O) groups is 1. The maximum absolute atomic E-state index is 12.7. The highest BCUT2D eigenvalue weighted by molar-refractivity contribution is 7.88. The van der Waals surface area contributed by atoms with E-state index in [1.54, 1.807) is 31.4 Å². The predicted octanol–water partition coefficient (Wildman–Crippen LogP) is 3.77. The van der Waals surface area contributed by atoms with Crippen molar-refractivity contribution in [3.8, 4) is 5.75 Å². The summed E-state index contributed by atoms with van der Waals surface area (Å²) < 4.78 is 32.3. The summed E-state index contributed by atoms with van der Waals surface area (Å²) in [5, 5.41) is 3.55. The van der Waals surface area contributed by atoms with Gasteiger partial charge in [0.25, 0.3) is 0 Å². The Bertz CT molecular complexity index is 988. The van der Waals surface area contributed by atoms with E-state index >= 15 is 0 Å². The highest BCUT2D eigenvalue weighted by Crippen LogP contribution is 2.27. The first-order chi connectivity index (χ1) is 14.3. The van der Waals surface area contributed by atoms with Crippen LogP contribution in [0.4, 0.5) is 0 Å². The average molecular weight is 451 g/mol. The van der Waals surface area contributed by atoms with Gasteiger partial charge in [-0.1, -0.05) is 41.9 Å². The van der Waals surface area contributed by atoms with Crippen molar-refractivity contribution in [2.24, 2.45) is 5.92 Å². The number of piperidine rings is 1. The lowest BCUT2D eigenvalue weighted by atomic mass is 9.96. The van der Waals surface area contributed by atoms with Gasteiger partial charge in [0.2, 0.25) is 15.9 Å². The third-order valence-electron chi connectivity index (χ3n) is 5.42. The van der Waals surface area contributed by atoms with Crippen molar-refractivity contribution in [3.05, 3.63) is 64.7 Å². The van der Waals surface area contributed by atoms with Crippen LogP contribution in [0.25, 0.3) is 0 Å². The van der Waals surface area contributed by atoms with Gasteiger partial charge in [0.05, 0.1) is 18.9 Å². The minimum atomic E-state index is -3.45. The molecule has 1 saturated heterocycles. The van der Waals surface area contributed by atoms with Crippen molar-refractivity contribution in [1.82, 2.24) is 9.62 Å². The zero-order valence-electron chi connectivity index (χ0n) is 17.2. The molecule has 2 aromatic carbocycles. The van der Waals surface area contributed by atoms with Gasteiger partial charge in [0.15, 0.2) is 0 Å². The third-order valence-corrected chi connectivity index (χ3v) is 7.51. The molecule has 0 aliphatic carbocycles. The monoisotopic (exact) mass is 450 g/mol. The number of rotatable bonds is 7. The fraction of sp³-hybridized carbons (Fsp3) is 0.409. The number of carbonyl (C=O) groups excluding carboxylic acids is 1. The quantitative estimate of drug-likeness (QED) is 0.696. The Kier molecular flexibility index (Phi) is 7.39. The van der Waals surface area contributed by atoms with Gasteiger partial charge >= 0.3 is 0 Å². The first-order valence-corrected chi connectivity index (χ1v) is 11.9. The van der Waals surface area contributed by atoms with Crippen LogP contribution < -0.4 is 10.1 Å². The van der Waals surface area contributed by atoms with Crippen LogP contribution in [0.2, 0.25) is 5.02 Å². The van der Waals surface area contributed by atoms with Crippen LogP contribution >= 0.6 is 11.6 Å². The van der Waals surface area contributed by atoms with E-state index in [-0.39, 0.29) is 23.6 Å². The van der Waals surface area contributed by atoms with E-state index in [0.29, 0.717) is 36.5 Å². The molecule has 1 N–H and O–H groups in total. The summed E-state index contributed by atoms with van der Waals surface area (Å²) in [6.07, 6.45) is 0.999. The van der Waals surface area contributed by atoms with Gasteiger partial charge in [-0.2, -0.15) is 0 Å². The summed E-state index contributed by atoms with van der Waals surface area (Å²) >= 11 is 5.96. The largest absolute Gasteiger partial charge is 0.496 e. The molecule has 0 aromatic heterocycles. The molecule has 3 rings (SSSR count). The molecule has 0 bridgehead atoms. The summed E-state index contributed by atoms with van der Waals surface area (Å²) in [6, 6.07) is 14.3. The highest BCUT2D eigenvalue weighted by atomic mass is 35.5. The predicted molar refractivity (Wildman–Crippen MR) is 118 cm³/mol. The lowest BCUT2D eigenvalue weighted by Gasteiger charge is -2.31. The number of methoxy groups -OCH3 is 1. The molecule has 0 radical (unpaired) electrons. The van der Waals surface area contributed by atoms with Crippen molar-refractivity contribution < 1.29 is 17.9 Å². The molecule has 0 saturated carbocycles. The van der Waals surface area contributed by atoms with E-state index in [0.717, 1.165) is 11.3 Å². The standard InChI is InChI=1S/C22H27ClN2O4S/c1-16(20-8-3-4-9-21(20)29-2)24-22(26)18-10-12-25(13-11-18)30(27,28)15-17-6-5-7-19(23)14-17/h3-9,14,16,18H,10-13,15H2,1-2H3,(H,24,26)/t16-/m0/s1. The Morgan fingerprint density at radius 2 is 1.90 bits per heavy atom. The number of amides is 1. The van der Waals surface area contributed by atoms with Gasteiger partial charge < -0.3 is 10.1 Å². The molecule has 1 atom stereocenters. The van der Waals surface area contributed by atoms with Crippen LogP contribution in [-0.4, -0.2) is 38.8 Å². The van der Waals surface area contributed by atoms with Gasteiger partial charge in [-0.15, -0.1) is 0 Å². The zero-order chi connectivity index (χ0) is 21.7. The molecule has 1 amide bonds. The molecule has 1 fully saturated rings. The Morgan fingerprint density at radius 3 is 2.57 bits per heavy atom. The molecular formula is C22H27ClN2O4S. The van der Waals surface area contributed by atoms with E-state index < -0.39 is 10.0 Å². The van der Waals surface area contributed by atoms with Crippen LogP contribution in [0.1, 0.15) is 36.9 Å². The normalized spacial score (nSPS) is 16.8. The molecule has 2 aromatic rings. The Balaban J connectivity index is 1.56. The van der Waals surface area contributed by atoms with Gasteiger partial charge in [-0.05, 0) is 43.5 Å². The second-order valence-corrected chi connectivity index (χ2v) is 9.94. The molecule has 1 heterocycles.